The quantitative estimate of drug-likeness (QED) is 0.910. The second-order valence-electron chi connectivity index (χ2n) is 3.85. The molecule has 19 heavy (non-hydrogen) atoms. The Morgan fingerprint density at radius 3 is 2.74 bits per heavy atom. The van der Waals surface area contributed by atoms with Crippen LogP contribution in [0.2, 0.25) is 0 Å². The lowest BCUT2D eigenvalue weighted by atomic mass is 10.2. The largest absolute Gasteiger partial charge is 0.508 e. The van der Waals surface area contributed by atoms with Crippen LogP contribution in [0.4, 0.5) is 5.69 Å². The van der Waals surface area contributed by atoms with Crippen molar-refractivity contribution in [1.82, 2.24) is 0 Å². The summed E-state index contributed by atoms with van der Waals surface area (Å²) in [6.45, 7) is 0. The highest BCUT2D eigenvalue weighted by molar-refractivity contribution is 9.10. The van der Waals surface area contributed by atoms with E-state index >= 15 is 0 Å². The van der Waals surface area contributed by atoms with Crippen LogP contribution in [-0.2, 0) is 0 Å². The number of ether oxygens (including phenoxy) is 1. The fraction of sp³-hybridized carbons (Fsp3) is 0.0714. The Bertz CT molecular complexity index is 613. The summed E-state index contributed by atoms with van der Waals surface area (Å²) < 4.78 is 5.94. The van der Waals surface area contributed by atoms with Gasteiger partial charge in [-0.05, 0) is 30.3 Å². The number of phenolic OH excluding ortho intramolecular Hbond substituents is 1. The molecular weight excluding hydrogens is 310 g/mol. The van der Waals surface area contributed by atoms with E-state index in [4.69, 9.17) is 4.74 Å². The summed E-state index contributed by atoms with van der Waals surface area (Å²) >= 11 is 3.32. The van der Waals surface area contributed by atoms with Gasteiger partial charge in [-0.25, -0.2) is 0 Å². The molecule has 0 bridgehead atoms. The van der Waals surface area contributed by atoms with Gasteiger partial charge in [0.15, 0.2) is 0 Å². The van der Waals surface area contributed by atoms with Crippen LogP contribution in [0, 0.1) is 0 Å². The molecule has 98 valence electrons. The number of amides is 1. The van der Waals surface area contributed by atoms with Gasteiger partial charge in [0, 0.05) is 16.2 Å². The molecule has 0 fully saturated rings. The number of carbonyl (C=O) groups is 1. The number of aromatic hydroxyl groups is 1. The molecule has 0 spiro atoms. The molecule has 0 radical (unpaired) electrons. The first kappa shape index (κ1) is 13.4. The van der Waals surface area contributed by atoms with Crippen molar-refractivity contribution in [2.45, 2.75) is 0 Å². The zero-order valence-electron chi connectivity index (χ0n) is 10.2. The van der Waals surface area contributed by atoms with Crippen LogP contribution in [-0.4, -0.2) is 18.1 Å². The van der Waals surface area contributed by atoms with Crippen molar-refractivity contribution >= 4 is 27.5 Å². The van der Waals surface area contributed by atoms with Gasteiger partial charge in [0.2, 0.25) is 0 Å². The van der Waals surface area contributed by atoms with E-state index in [1.54, 1.807) is 30.3 Å². The zero-order chi connectivity index (χ0) is 13.8. The first-order chi connectivity index (χ1) is 9.10. The molecule has 4 nitrogen and oxygen atoms in total. The molecule has 0 atom stereocenters. The lowest BCUT2D eigenvalue weighted by molar-refractivity contribution is 0.102. The highest BCUT2D eigenvalue weighted by atomic mass is 79.9. The molecule has 0 aliphatic rings. The standard InChI is InChI=1S/C14H12BrNO3/c1-19-13-6-5-9(15)7-12(13)14(18)16-10-3-2-4-11(17)8-10/h2-8,17H,1H3,(H,16,18). The molecule has 0 aliphatic heterocycles. The Labute approximate surface area is 119 Å². The lowest BCUT2D eigenvalue weighted by Crippen LogP contribution is -2.13. The molecule has 0 aromatic heterocycles. The highest BCUT2D eigenvalue weighted by Crippen LogP contribution is 2.24. The topological polar surface area (TPSA) is 58.6 Å². The molecule has 2 aromatic rings. The third-order valence-corrected chi connectivity index (χ3v) is 3.00. The minimum atomic E-state index is -0.302. The van der Waals surface area contributed by atoms with Crippen molar-refractivity contribution in [3.05, 3.63) is 52.5 Å². The highest BCUT2D eigenvalue weighted by Gasteiger charge is 2.13. The average molecular weight is 322 g/mol. The summed E-state index contributed by atoms with van der Waals surface area (Å²) in [7, 11) is 1.51. The molecule has 0 saturated heterocycles. The summed E-state index contributed by atoms with van der Waals surface area (Å²) in [5.41, 5.74) is 0.937. The first-order valence-corrected chi connectivity index (χ1v) is 6.33. The van der Waals surface area contributed by atoms with Gasteiger partial charge < -0.3 is 15.2 Å². The third kappa shape index (κ3) is 3.26. The Morgan fingerprint density at radius 2 is 2.05 bits per heavy atom. The SMILES string of the molecule is COc1ccc(Br)cc1C(=O)Nc1cccc(O)c1. The van der Waals surface area contributed by atoms with Crippen molar-refractivity contribution < 1.29 is 14.6 Å². The minimum Gasteiger partial charge on any atom is -0.508 e. The summed E-state index contributed by atoms with van der Waals surface area (Å²) in [6.07, 6.45) is 0. The van der Waals surface area contributed by atoms with E-state index in [1.807, 2.05) is 0 Å². The Hall–Kier alpha value is -2.01. The molecule has 1 amide bonds. The maximum Gasteiger partial charge on any atom is 0.259 e. The van der Waals surface area contributed by atoms with E-state index in [9.17, 15) is 9.90 Å². The van der Waals surface area contributed by atoms with Gasteiger partial charge in [-0.1, -0.05) is 22.0 Å². The van der Waals surface area contributed by atoms with Crippen LogP contribution in [0.15, 0.2) is 46.9 Å². The van der Waals surface area contributed by atoms with Crippen molar-refractivity contribution in [3.63, 3.8) is 0 Å². The molecule has 0 unspecified atom stereocenters. The van der Waals surface area contributed by atoms with E-state index in [1.165, 1.54) is 19.2 Å². The zero-order valence-corrected chi connectivity index (χ0v) is 11.8. The monoisotopic (exact) mass is 321 g/mol. The fourth-order valence-electron chi connectivity index (χ4n) is 1.64. The number of halogens is 1. The molecule has 0 heterocycles. The molecule has 2 N–H and O–H groups in total. The maximum absolute atomic E-state index is 12.2. The van der Waals surface area contributed by atoms with Gasteiger partial charge in [-0.15, -0.1) is 0 Å². The summed E-state index contributed by atoms with van der Waals surface area (Å²) in [6, 6.07) is 11.5. The average Bonchev–Trinajstić information content (AvgIpc) is 2.38. The smallest absolute Gasteiger partial charge is 0.259 e. The van der Waals surface area contributed by atoms with E-state index in [0.717, 1.165) is 4.47 Å². The Morgan fingerprint density at radius 1 is 1.26 bits per heavy atom. The van der Waals surface area contributed by atoms with Crippen LogP contribution in [0.3, 0.4) is 0 Å². The normalized spacial score (nSPS) is 10.0. The summed E-state index contributed by atoms with van der Waals surface area (Å²) in [5, 5.41) is 12.1. The number of methoxy groups -OCH3 is 1. The lowest BCUT2D eigenvalue weighted by Gasteiger charge is -2.10. The number of phenols is 1. The van der Waals surface area contributed by atoms with Crippen LogP contribution in [0.5, 0.6) is 11.5 Å². The number of anilines is 1. The second kappa shape index (κ2) is 5.75. The Balaban J connectivity index is 2.27. The maximum atomic E-state index is 12.2. The van der Waals surface area contributed by atoms with Gasteiger partial charge in [0.05, 0.1) is 12.7 Å². The van der Waals surface area contributed by atoms with Gasteiger partial charge in [-0.2, -0.15) is 0 Å². The number of carbonyl (C=O) groups excluding carboxylic acids is 1. The van der Waals surface area contributed by atoms with Gasteiger partial charge in [0.25, 0.3) is 5.91 Å². The van der Waals surface area contributed by atoms with Crippen molar-refractivity contribution in [1.29, 1.82) is 0 Å². The molecule has 5 heteroatoms. The minimum absolute atomic E-state index is 0.0963. The van der Waals surface area contributed by atoms with Crippen LogP contribution >= 0.6 is 15.9 Å². The van der Waals surface area contributed by atoms with Crippen molar-refractivity contribution in [2.75, 3.05) is 12.4 Å². The second-order valence-corrected chi connectivity index (χ2v) is 4.76. The fourth-order valence-corrected chi connectivity index (χ4v) is 2.00. The van der Waals surface area contributed by atoms with Crippen LogP contribution < -0.4 is 10.1 Å². The van der Waals surface area contributed by atoms with Crippen molar-refractivity contribution in [3.8, 4) is 11.5 Å². The number of rotatable bonds is 3. The van der Waals surface area contributed by atoms with E-state index in [-0.39, 0.29) is 11.7 Å². The molecule has 0 aliphatic carbocycles. The summed E-state index contributed by atoms with van der Waals surface area (Å²) in [5.74, 6) is 0.281. The number of hydrogen-bond donors (Lipinski definition) is 2. The van der Waals surface area contributed by atoms with Crippen molar-refractivity contribution in [2.24, 2.45) is 0 Å². The van der Waals surface area contributed by atoms with E-state index < -0.39 is 0 Å². The summed E-state index contributed by atoms with van der Waals surface area (Å²) in [4.78, 5) is 12.2. The third-order valence-electron chi connectivity index (χ3n) is 2.51. The van der Waals surface area contributed by atoms with Crippen LogP contribution in [0.1, 0.15) is 10.4 Å². The molecule has 0 saturated carbocycles. The molecule has 2 rings (SSSR count). The number of benzene rings is 2. The van der Waals surface area contributed by atoms with E-state index in [2.05, 4.69) is 21.2 Å². The van der Waals surface area contributed by atoms with Gasteiger partial charge >= 0.3 is 0 Å². The predicted octanol–water partition coefficient (Wildman–Crippen LogP) is 3.42. The number of hydrogen-bond acceptors (Lipinski definition) is 3. The van der Waals surface area contributed by atoms with Gasteiger partial charge in [0.1, 0.15) is 11.5 Å². The predicted molar refractivity (Wildman–Crippen MR) is 76.8 cm³/mol. The van der Waals surface area contributed by atoms with Gasteiger partial charge in [-0.3, -0.25) is 4.79 Å². The van der Waals surface area contributed by atoms with E-state index in [0.29, 0.717) is 17.0 Å². The molecule has 2 aromatic carbocycles. The first-order valence-electron chi connectivity index (χ1n) is 5.54. The molecular formula is C14H12BrNO3. The number of nitrogens with one attached hydrogen (secondary N) is 1. The Kier molecular flexibility index (Phi) is 4.06. The van der Waals surface area contributed by atoms with Crippen LogP contribution in [0.25, 0.3) is 0 Å².